The van der Waals surface area contributed by atoms with Crippen LogP contribution in [-0.2, 0) is 24.2 Å². The van der Waals surface area contributed by atoms with Crippen molar-refractivity contribution in [3.8, 4) is 28.4 Å². The number of rotatable bonds is 14. The first-order chi connectivity index (χ1) is 19.0. The monoisotopic (exact) mass is 527 g/mol. The van der Waals surface area contributed by atoms with Crippen molar-refractivity contribution < 1.29 is 24.9 Å². The number of ether oxygens (including phenoxy) is 1. The Hall–Kier alpha value is -4.03. The number of fused-ring (bicyclic) bond motifs is 1. The van der Waals surface area contributed by atoms with E-state index in [9.17, 15) is 20.1 Å². The average molecular weight is 528 g/mol. The number of allylic oxidation sites excluding steroid dienone is 2. The molecule has 0 unspecified atom stereocenters. The SMILES string of the molecule is CCCCCC=CC(=O)CCc1ccc(O)c(OCCc2ccc(O)cc2-c2cc(CO)c3[nH]ccc3c2)c1. The third-order valence-electron chi connectivity index (χ3n) is 6.91. The van der Waals surface area contributed by atoms with E-state index in [1.54, 1.807) is 30.3 Å². The quantitative estimate of drug-likeness (QED) is 0.104. The van der Waals surface area contributed by atoms with Gasteiger partial charge in [-0.05, 0) is 90.1 Å². The number of carbonyl (C=O) groups is 1. The number of benzene rings is 3. The number of aliphatic hydroxyl groups excluding tert-OH is 1. The van der Waals surface area contributed by atoms with E-state index >= 15 is 0 Å². The number of aryl methyl sites for hydroxylation is 1. The van der Waals surface area contributed by atoms with Gasteiger partial charge in [0.2, 0.25) is 0 Å². The summed E-state index contributed by atoms with van der Waals surface area (Å²) in [4.78, 5) is 15.4. The van der Waals surface area contributed by atoms with Gasteiger partial charge in [-0.1, -0.05) is 38.0 Å². The van der Waals surface area contributed by atoms with E-state index in [2.05, 4.69) is 11.9 Å². The summed E-state index contributed by atoms with van der Waals surface area (Å²) in [5.74, 6) is 0.693. The van der Waals surface area contributed by atoms with Crippen molar-refractivity contribution in [3.63, 3.8) is 0 Å². The second-order valence-corrected chi connectivity index (χ2v) is 9.84. The van der Waals surface area contributed by atoms with Crippen LogP contribution in [0.5, 0.6) is 17.2 Å². The lowest BCUT2D eigenvalue weighted by molar-refractivity contribution is -0.114. The molecule has 0 spiro atoms. The fourth-order valence-corrected chi connectivity index (χ4v) is 4.76. The third-order valence-corrected chi connectivity index (χ3v) is 6.91. The lowest BCUT2D eigenvalue weighted by Crippen LogP contribution is -2.04. The summed E-state index contributed by atoms with van der Waals surface area (Å²) in [7, 11) is 0. The van der Waals surface area contributed by atoms with E-state index in [0.29, 0.717) is 31.6 Å². The molecule has 0 atom stereocenters. The lowest BCUT2D eigenvalue weighted by atomic mass is 9.95. The topological polar surface area (TPSA) is 103 Å². The van der Waals surface area contributed by atoms with Crippen LogP contribution in [0, 0.1) is 0 Å². The molecule has 6 nitrogen and oxygen atoms in total. The van der Waals surface area contributed by atoms with Gasteiger partial charge in [0.15, 0.2) is 17.3 Å². The molecule has 0 aliphatic heterocycles. The summed E-state index contributed by atoms with van der Waals surface area (Å²) in [5, 5.41) is 31.4. The van der Waals surface area contributed by atoms with Crippen LogP contribution in [0.2, 0.25) is 0 Å². The number of nitrogens with one attached hydrogen (secondary N) is 1. The highest BCUT2D eigenvalue weighted by Gasteiger charge is 2.12. The van der Waals surface area contributed by atoms with Gasteiger partial charge in [0.05, 0.1) is 18.7 Å². The van der Waals surface area contributed by atoms with Gasteiger partial charge in [-0.25, -0.2) is 0 Å². The Bertz CT molecular complexity index is 1440. The van der Waals surface area contributed by atoms with E-state index in [-0.39, 0.29) is 23.9 Å². The van der Waals surface area contributed by atoms with Crippen molar-refractivity contribution >= 4 is 16.7 Å². The summed E-state index contributed by atoms with van der Waals surface area (Å²) in [6.07, 6.45) is 11.4. The fourth-order valence-electron chi connectivity index (χ4n) is 4.76. The van der Waals surface area contributed by atoms with Gasteiger partial charge >= 0.3 is 0 Å². The van der Waals surface area contributed by atoms with Crippen molar-refractivity contribution in [1.82, 2.24) is 4.98 Å². The molecule has 6 heteroatoms. The van der Waals surface area contributed by atoms with Crippen LogP contribution in [0.25, 0.3) is 22.0 Å². The van der Waals surface area contributed by atoms with E-state index in [1.807, 2.05) is 42.6 Å². The van der Waals surface area contributed by atoms with E-state index < -0.39 is 0 Å². The molecule has 4 aromatic rings. The molecule has 0 fully saturated rings. The van der Waals surface area contributed by atoms with Crippen LogP contribution in [0.15, 0.2) is 72.9 Å². The number of aromatic nitrogens is 1. The minimum absolute atomic E-state index is 0.0531. The van der Waals surface area contributed by atoms with Crippen molar-refractivity contribution in [3.05, 3.63) is 89.6 Å². The van der Waals surface area contributed by atoms with E-state index in [0.717, 1.165) is 51.6 Å². The Morgan fingerprint density at radius 3 is 2.67 bits per heavy atom. The highest BCUT2D eigenvalue weighted by Crippen LogP contribution is 2.33. The Labute approximate surface area is 229 Å². The molecule has 0 radical (unpaired) electrons. The Kier molecular flexibility index (Phi) is 9.81. The van der Waals surface area contributed by atoms with Gasteiger partial charge in [0, 0.05) is 30.0 Å². The van der Waals surface area contributed by atoms with Crippen LogP contribution in [0.1, 0.15) is 55.7 Å². The van der Waals surface area contributed by atoms with Crippen molar-refractivity contribution in [1.29, 1.82) is 0 Å². The number of aromatic hydroxyl groups is 2. The Balaban J connectivity index is 1.40. The van der Waals surface area contributed by atoms with Gasteiger partial charge in [-0.2, -0.15) is 0 Å². The van der Waals surface area contributed by atoms with E-state index in [1.165, 1.54) is 12.8 Å². The summed E-state index contributed by atoms with van der Waals surface area (Å²) < 4.78 is 5.96. The number of aliphatic hydroxyl groups is 1. The Morgan fingerprint density at radius 2 is 1.85 bits per heavy atom. The minimum atomic E-state index is -0.0986. The summed E-state index contributed by atoms with van der Waals surface area (Å²) >= 11 is 0. The first kappa shape index (κ1) is 28.0. The van der Waals surface area contributed by atoms with Gasteiger partial charge < -0.3 is 25.0 Å². The molecule has 0 aliphatic carbocycles. The van der Waals surface area contributed by atoms with Crippen LogP contribution < -0.4 is 4.74 Å². The number of unbranched alkanes of at least 4 members (excludes halogenated alkanes) is 3. The highest BCUT2D eigenvalue weighted by atomic mass is 16.5. The van der Waals surface area contributed by atoms with Gasteiger partial charge in [-0.3, -0.25) is 4.79 Å². The first-order valence-corrected chi connectivity index (χ1v) is 13.7. The zero-order chi connectivity index (χ0) is 27.6. The first-order valence-electron chi connectivity index (χ1n) is 13.7. The second kappa shape index (κ2) is 13.7. The molecule has 39 heavy (non-hydrogen) atoms. The zero-order valence-electron chi connectivity index (χ0n) is 22.5. The van der Waals surface area contributed by atoms with Crippen LogP contribution in [0.3, 0.4) is 0 Å². The summed E-state index contributed by atoms with van der Waals surface area (Å²) in [5.41, 5.74) is 5.33. The number of aromatic amines is 1. The molecule has 0 aliphatic rings. The van der Waals surface area contributed by atoms with Crippen molar-refractivity contribution in [2.24, 2.45) is 0 Å². The van der Waals surface area contributed by atoms with Crippen molar-refractivity contribution in [2.45, 2.75) is 58.5 Å². The van der Waals surface area contributed by atoms with Crippen molar-refractivity contribution in [2.75, 3.05) is 6.61 Å². The normalized spacial score (nSPS) is 11.4. The molecule has 1 aromatic heterocycles. The van der Waals surface area contributed by atoms with Gasteiger partial charge in [-0.15, -0.1) is 0 Å². The largest absolute Gasteiger partial charge is 0.508 e. The third kappa shape index (κ3) is 7.52. The predicted octanol–water partition coefficient (Wildman–Crippen LogP) is 7.00. The molecule has 3 aromatic carbocycles. The number of hydrogen-bond donors (Lipinski definition) is 4. The molecule has 0 saturated heterocycles. The number of carbonyl (C=O) groups excluding carboxylic acids is 1. The molecule has 1 heterocycles. The average Bonchev–Trinajstić information content (AvgIpc) is 3.42. The number of phenolic OH excluding ortho intramolecular Hbond substituents is 2. The Morgan fingerprint density at radius 1 is 0.974 bits per heavy atom. The molecule has 0 bridgehead atoms. The molecule has 0 amide bonds. The number of hydrogen-bond acceptors (Lipinski definition) is 5. The number of H-pyrrole nitrogens is 1. The number of ketones is 1. The van der Waals surface area contributed by atoms with Crippen LogP contribution in [-0.4, -0.2) is 32.7 Å². The molecule has 4 rings (SSSR count). The maximum Gasteiger partial charge on any atom is 0.161 e. The predicted molar refractivity (Wildman–Crippen MR) is 155 cm³/mol. The summed E-state index contributed by atoms with van der Waals surface area (Å²) in [6, 6.07) is 16.3. The smallest absolute Gasteiger partial charge is 0.161 e. The van der Waals surface area contributed by atoms with Crippen LogP contribution in [0.4, 0.5) is 0 Å². The van der Waals surface area contributed by atoms with Crippen LogP contribution >= 0.6 is 0 Å². The molecular weight excluding hydrogens is 490 g/mol. The molecule has 0 saturated carbocycles. The maximum absolute atomic E-state index is 12.2. The van der Waals surface area contributed by atoms with E-state index in [4.69, 9.17) is 4.74 Å². The van der Waals surface area contributed by atoms with Gasteiger partial charge in [0.1, 0.15) is 5.75 Å². The molecular formula is C33H37NO5. The number of phenols is 2. The second-order valence-electron chi connectivity index (χ2n) is 9.84. The fraction of sp³-hybridized carbons (Fsp3) is 0.303. The lowest BCUT2D eigenvalue weighted by Gasteiger charge is -2.14. The minimum Gasteiger partial charge on any atom is -0.508 e. The maximum atomic E-state index is 12.2. The van der Waals surface area contributed by atoms with Gasteiger partial charge in [0.25, 0.3) is 0 Å². The summed E-state index contributed by atoms with van der Waals surface area (Å²) in [6.45, 7) is 2.38. The zero-order valence-corrected chi connectivity index (χ0v) is 22.5. The standard InChI is InChI=1S/C33H37NO5/c1-2-3-4-5-6-7-28(36)11-8-23-9-13-31(38)32(18-23)39-17-15-24-10-12-29(37)21-30(24)26-19-25-14-16-34-33(25)27(20-26)22-35/h6-7,9-10,12-14,16,18-21,34-35,37-38H,2-5,8,11,15,17,22H2,1H3. The molecule has 4 N–H and O–H groups in total. The highest BCUT2D eigenvalue weighted by molar-refractivity contribution is 5.90. The molecule has 204 valence electrons.